The maximum absolute atomic E-state index is 11.5. The van der Waals surface area contributed by atoms with Gasteiger partial charge in [0, 0.05) is 7.05 Å². The van der Waals surface area contributed by atoms with E-state index in [1.165, 1.54) is 0 Å². The molecule has 1 amide bonds. The quantitative estimate of drug-likeness (QED) is 0.751. The van der Waals surface area contributed by atoms with E-state index < -0.39 is 10.5 Å². The van der Waals surface area contributed by atoms with Gasteiger partial charge in [-0.05, 0) is 49.2 Å². The molecule has 1 saturated carbocycles. The molecule has 1 aromatic rings. The van der Waals surface area contributed by atoms with Gasteiger partial charge in [-0.3, -0.25) is 4.79 Å². The van der Waals surface area contributed by atoms with Crippen LogP contribution in [0.25, 0.3) is 0 Å². The number of carbonyl (C=O) groups is 1. The Balaban J connectivity index is 0.000000293. The van der Waals surface area contributed by atoms with Gasteiger partial charge in [-0.2, -0.15) is 12.8 Å². The highest BCUT2D eigenvalue weighted by Crippen LogP contribution is 2.42. The molecule has 0 saturated heterocycles. The van der Waals surface area contributed by atoms with Gasteiger partial charge < -0.3 is 15.4 Å². The van der Waals surface area contributed by atoms with Crippen LogP contribution in [0.1, 0.15) is 31.7 Å². The first-order chi connectivity index (χ1) is 11.8. The first-order valence-corrected chi connectivity index (χ1v) is 9.25. The monoisotopic (exact) mass is 385 g/mol. The molecule has 2 N–H and O–H groups in total. The molecule has 0 aromatic heterocycles. The number of nitrogens with one attached hydrogen (secondary N) is 2. The minimum atomic E-state index is -2.20. The van der Waals surface area contributed by atoms with Gasteiger partial charge >= 0.3 is 10.5 Å². The van der Waals surface area contributed by atoms with Gasteiger partial charge in [0.05, 0.1) is 19.1 Å². The summed E-state index contributed by atoms with van der Waals surface area (Å²) in [5, 5.41) is 5.57. The average Bonchev–Trinajstić information content (AvgIpc) is 3.35. The summed E-state index contributed by atoms with van der Waals surface area (Å²) < 4.78 is 28.7. The second-order valence-corrected chi connectivity index (χ2v) is 6.56. The van der Waals surface area contributed by atoms with Crippen molar-refractivity contribution in [3.8, 4) is 5.75 Å². The highest BCUT2D eigenvalue weighted by Gasteiger charge is 2.41. The topological polar surface area (TPSA) is 96.9 Å². The molecular formula is C16H23N3O4S2. The molecule has 0 aliphatic heterocycles. The lowest BCUT2D eigenvalue weighted by atomic mass is 10.1. The maximum atomic E-state index is 11.5. The summed E-state index contributed by atoms with van der Waals surface area (Å²) in [7, 11) is 1.07. The third kappa shape index (κ3) is 8.08. The molecule has 9 heteroatoms. The highest BCUT2D eigenvalue weighted by molar-refractivity contribution is 7.80. The number of hydrogen-bond acceptors (Lipinski definition) is 6. The first kappa shape index (κ1) is 21.0. The van der Waals surface area contributed by atoms with E-state index in [0.717, 1.165) is 30.6 Å². The van der Waals surface area contributed by atoms with Crippen molar-refractivity contribution < 1.29 is 17.9 Å². The van der Waals surface area contributed by atoms with E-state index in [1.807, 2.05) is 31.2 Å². The number of nitrogens with zero attached hydrogens (tertiary/aromatic N) is 1. The lowest BCUT2D eigenvalue weighted by Gasteiger charge is -2.06. The molecule has 1 aromatic carbocycles. The number of amides is 1. The Morgan fingerprint density at radius 3 is 2.28 bits per heavy atom. The summed E-state index contributed by atoms with van der Waals surface area (Å²) >= 11 is 4.82. The first-order valence-electron chi connectivity index (χ1n) is 7.81. The second kappa shape index (κ2) is 10.1. The number of ether oxygens (including phenoxy) is 1. The molecule has 1 aliphatic rings. The summed E-state index contributed by atoms with van der Waals surface area (Å²) in [6.45, 7) is 1.96. The van der Waals surface area contributed by atoms with Crippen LogP contribution < -0.4 is 15.4 Å². The van der Waals surface area contributed by atoms with Crippen molar-refractivity contribution in [2.24, 2.45) is 4.36 Å². The predicted octanol–water partition coefficient (Wildman–Crippen LogP) is 1.85. The number of carbonyl (C=O) groups excluding carboxylic acids is 1. The Kier molecular flexibility index (Phi) is 8.50. The normalized spacial score (nSPS) is 13.6. The van der Waals surface area contributed by atoms with Gasteiger partial charge in [-0.15, -0.1) is 0 Å². The number of rotatable bonds is 5. The molecule has 0 spiro atoms. The second-order valence-electron chi connectivity index (χ2n) is 5.54. The van der Waals surface area contributed by atoms with Gasteiger partial charge in [0.15, 0.2) is 5.11 Å². The third-order valence-corrected chi connectivity index (χ3v) is 4.60. The Bertz CT molecular complexity index is 718. The van der Waals surface area contributed by atoms with E-state index in [9.17, 15) is 13.2 Å². The van der Waals surface area contributed by atoms with E-state index in [2.05, 4.69) is 15.0 Å². The molecule has 0 atom stereocenters. The van der Waals surface area contributed by atoms with Gasteiger partial charge in [0.2, 0.25) is 5.91 Å². The van der Waals surface area contributed by atoms with E-state index in [4.69, 9.17) is 17.0 Å². The fourth-order valence-corrected chi connectivity index (χ4v) is 2.72. The van der Waals surface area contributed by atoms with Crippen LogP contribution in [0.15, 0.2) is 28.6 Å². The number of thiocarbonyl (C=S) groups is 1. The van der Waals surface area contributed by atoms with Gasteiger partial charge in [-0.1, -0.05) is 19.1 Å². The molecule has 7 nitrogen and oxygen atoms in total. The van der Waals surface area contributed by atoms with Crippen molar-refractivity contribution in [1.29, 1.82) is 0 Å². The van der Waals surface area contributed by atoms with Crippen LogP contribution in [-0.2, 0) is 21.7 Å². The number of methoxy groups -OCH3 is 1. The average molecular weight is 386 g/mol. The van der Waals surface area contributed by atoms with Gasteiger partial charge in [0.1, 0.15) is 5.75 Å². The van der Waals surface area contributed by atoms with Gasteiger partial charge in [-0.25, -0.2) is 0 Å². The zero-order valence-corrected chi connectivity index (χ0v) is 16.2. The maximum Gasteiger partial charge on any atom is 0.311 e. The molecular weight excluding hydrogens is 362 g/mol. The molecule has 25 heavy (non-hydrogen) atoms. The van der Waals surface area contributed by atoms with Crippen LogP contribution in [0.3, 0.4) is 0 Å². The number of benzene rings is 1. The Morgan fingerprint density at radius 2 is 1.92 bits per heavy atom. The van der Waals surface area contributed by atoms with E-state index in [1.54, 1.807) is 14.2 Å². The summed E-state index contributed by atoms with van der Waals surface area (Å²) in [5.41, 5.74) is 0.740. The van der Waals surface area contributed by atoms with E-state index in [-0.39, 0.29) is 11.4 Å². The molecule has 2 rings (SSSR count). The number of hydrogen-bond donors (Lipinski definition) is 2. The summed E-state index contributed by atoms with van der Waals surface area (Å²) in [6.07, 6.45) is 3.03. The molecule has 1 fully saturated rings. The van der Waals surface area contributed by atoms with E-state index >= 15 is 0 Å². The fourth-order valence-electron chi connectivity index (χ4n) is 1.97. The van der Waals surface area contributed by atoms with Crippen LogP contribution in [0.4, 0.5) is 0 Å². The van der Waals surface area contributed by atoms with Crippen LogP contribution in [-0.4, -0.2) is 39.1 Å². The third-order valence-electron chi connectivity index (χ3n) is 3.76. The summed E-state index contributed by atoms with van der Waals surface area (Å²) in [5.74, 6) is 0.638. The molecule has 0 unspecified atom stereocenters. The van der Waals surface area contributed by atoms with Crippen LogP contribution >= 0.6 is 12.2 Å². The standard InChI is InChI=1S/C11H14N2O2S.C5H9NO2S/c1-12-11(16)13-10(14)7-8-3-5-9(15-2)6-4-8;1-2-5(3-4-5)6-9(7)8/h3-6H,7H2,1-2H3,(H2,12,13,14,16);2-4H2,1H3. The summed E-state index contributed by atoms with van der Waals surface area (Å²) in [6, 6.07) is 7.33. The molecule has 0 heterocycles. The van der Waals surface area contributed by atoms with Crippen molar-refractivity contribution in [2.75, 3.05) is 14.2 Å². The Labute approximate surface area is 154 Å². The zero-order chi connectivity index (χ0) is 18.9. The van der Waals surface area contributed by atoms with Gasteiger partial charge in [0.25, 0.3) is 0 Å². The van der Waals surface area contributed by atoms with Crippen molar-refractivity contribution in [3.63, 3.8) is 0 Å². The van der Waals surface area contributed by atoms with Crippen molar-refractivity contribution in [1.82, 2.24) is 10.6 Å². The zero-order valence-electron chi connectivity index (χ0n) is 14.5. The smallest absolute Gasteiger partial charge is 0.311 e. The van der Waals surface area contributed by atoms with Crippen molar-refractivity contribution >= 4 is 33.7 Å². The lowest BCUT2D eigenvalue weighted by molar-refractivity contribution is -0.119. The lowest BCUT2D eigenvalue weighted by Crippen LogP contribution is -2.37. The van der Waals surface area contributed by atoms with Crippen molar-refractivity contribution in [2.45, 2.75) is 38.1 Å². The molecule has 0 radical (unpaired) electrons. The van der Waals surface area contributed by atoms with Crippen LogP contribution in [0.5, 0.6) is 5.75 Å². The molecule has 138 valence electrons. The van der Waals surface area contributed by atoms with Crippen LogP contribution in [0.2, 0.25) is 0 Å². The van der Waals surface area contributed by atoms with E-state index in [0.29, 0.717) is 11.5 Å². The molecule has 1 aliphatic carbocycles. The largest absolute Gasteiger partial charge is 0.497 e. The van der Waals surface area contributed by atoms with Crippen molar-refractivity contribution in [3.05, 3.63) is 29.8 Å². The minimum Gasteiger partial charge on any atom is -0.497 e. The van der Waals surface area contributed by atoms with Crippen LogP contribution in [0, 0.1) is 0 Å². The Morgan fingerprint density at radius 1 is 1.32 bits per heavy atom. The summed E-state index contributed by atoms with van der Waals surface area (Å²) in [4.78, 5) is 11.5. The molecule has 0 bridgehead atoms. The SMILES string of the molecule is CCC1(N=S(=O)=O)CC1.CNC(=S)NC(=O)Cc1ccc(OC)cc1. The minimum absolute atomic E-state index is 0.135. The fraction of sp³-hybridized carbons (Fsp3) is 0.500. The predicted molar refractivity (Wildman–Crippen MR) is 100 cm³/mol. The highest BCUT2D eigenvalue weighted by atomic mass is 32.2. The Hall–Kier alpha value is -2.00.